The van der Waals surface area contributed by atoms with Crippen molar-refractivity contribution in [2.75, 3.05) is 14.1 Å². The van der Waals surface area contributed by atoms with Crippen molar-refractivity contribution in [2.45, 2.75) is 6.92 Å². The number of H-pyrrole nitrogens is 1. The molecular formula is C16H17ClN6O2S. The number of hydrogen-bond acceptors (Lipinski definition) is 5. The van der Waals surface area contributed by atoms with E-state index in [0.29, 0.717) is 5.56 Å². The second-order valence-corrected chi connectivity index (χ2v) is 7.72. The van der Waals surface area contributed by atoms with E-state index in [0.717, 1.165) is 13.8 Å². The molecule has 0 spiro atoms. The molecule has 0 aliphatic carbocycles. The van der Waals surface area contributed by atoms with Crippen LogP contribution in [0, 0.1) is 18.3 Å². The zero-order chi connectivity index (χ0) is 19.3. The molecule has 0 saturated heterocycles. The number of nitrogens with zero attached hydrogens (tertiary/aromatic N) is 5. The van der Waals surface area contributed by atoms with E-state index in [4.69, 9.17) is 16.9 Å². The van der Waals surface area contributed by atoms with E-state index in [2.05, 4.69) is 15.0 Å². The Hall–Kier alpha value is -2.67. The highest BCUT2D eigenvalue weighted by Crippen LogP contribution is 2.31. The average molecular weight is 393 g/mol. The Balaban J connectivity index is 0.000000417. The lowest BCUT2D eigenvalue weighted by Crippen LogP contribution is -2.30. The summed E-state index contributed by atoms with van der Waals surface area (Å²) in [5.74, 6) is -0.274. The fraction of sp³-hybridized carbons (Fsp3) is 0.188. The molecule has 0 atom stereocenters. The fourth-order valence-electron chi connectivity index (χ4n) is 2.00. The Bertz CT molecular complexity index is 985. The predicted molar refractivity (Wildman–Crippen MR) is 98.7 cm³/mol. The van der Waals surface area contributed by atoms with Gasteiger partial charge in [0.2, 0.25) is 5.82 Å². The van der Waals surface area contributed by atoms with E-state index in [1.165, 1.54) is 14.1 Å². The van der Waals surface area contributed by atoms with Crippen LogP contribution in [0.2, 0.25) is 5.15 Å². The van der Waals surface area contributed by atoms with Crippen LogP contribution in [0.15, 0.2) is 43.0 Å². The fourth-order valence-corrected chi connectivity index (χ4v) is 3.38. The molecule has 0 bridgehead atoms. The van der Waals surface area contributed by atoms with Crippen LogP contribution in [-0.4, -0.2) is 45.7 Å². The number of nitrogens with one attached hydrogen (secondary N) is 1. The van der Waals surface area contributed by atoms with Gasteiger partial charge in [0.15, 0.2) is 5.15 Å². The molecule has 26 heavy (non-hydrogen) atoms. The zero-order valence-corrected chi connectivity index (χ0v) is 16.0. The highest BCUT2D eigenvalue weighted by molar-refractivity contribution is 7.87. The van der Waals surface area contributed by atoms with Crippen molar-refractivity contribution in [3.05, 3.63) is 59.5 Å². The molecule has 3 aromatic rings. The first kappa shape index (κ1) is 19.7. The van der Waals surface area contributed by atoms with Crippen molar-refractivity contribution in [3.8, 4) is 17.3 Å². The standard InChI is InChI=1S/C13H13ClN4O2S.C3H4N2/c1-9-4-6-10(7-5-9)12-13(14)16-11(8-15)18(12)21(19,20)17(2)3;1-2-5-3-4-1/h4-7H,1-3H3;1-3H,(H,4,5). The van der Waals surface area contributed by atoms with Gasteiger partial charge in [-0.2, -0.15) is 22.0 Å². The van der Waals surface area contributed by atoms with Crippen LogP contribution >= 0.6 is 11.6 Å². The van der Waals surface area contributed by atoms with Gasteiger partial charge < -0.3 is 4.98 Å². The van der Waals surface area contributed by atoms with Crippen LogP contribution < -0.4 is 0 Å². The third-order valence-electron chi connectivity index (χ3n) is 3.32. The summed E-state index contributed by atoms with van der Waals surface area (Å²) < 4.78 is 26.7. The first-order chi connectivity index (χ1) is 12.3. The minimum atomic E-state index is -3.91. The second kappa shape index (κ2) is 8.14. The molecule has 0 amide bonds. The highest BCUT2D eigenvalue weighted by atomic mass is 35.5. The Morgan fingerprint density at radius 3 is 2.35 bits per heavy atom. The second-order valence-electron chi connectivity index (χ2n) is 5.37. The maximum absolute atomic E-state index is 12.4. The van der Waals surface area contributed by atoms with Crippen LogP contribution in [0.5, 0.6) is 0 Å². The summed E-state index contributed by atoms with van der Waals surface area (Å²) in [6.07, 6.45) is 5.08. The summed E-state index contributed by atoms with van der Waals surface area (Å²) in [6.45, 7) is 1.92. The van der Waals surface area contributed by atoms with Crippen molar-refractivity contribution in [3.63, 3.8) is 0 Å². The van der Waals surface area contributed by atoms with Gasteiger partial charge in [0.25, 0.3) is 0 Å². The van der Waals surface area contributed by atoms with Crippen molar-refractivity contribution >= 4 is 21.8 Å². The Morgan fingerprint density at radius 2 is 1.92 bits per heavy atom. The van der Waals surface area contributed by atoms with Crippen molar-refractivity contribution in [1.82, 2.24) is 23.2 Å². The zero-order valence-electron chi connectivity index (χ0n) is 14.4. The number of halogens is 1. The predicted octanol–water partition coefficient (Wildman–Crippen LogP) is 2.45. The minimum absolute atomic E-state index is 0.0270. The van der Waals surface area contributed by atoms with Gasteiger partial charge in [-0.1, -0.05) is 41.4 Å². The number of aryl methyl sites for hydroxylation is 1. The minimum Gasteiger partial charge on any atom is -0.351 e. The van der Waals surface area contributed by atoms with Crippen LogP contribution in [0.1, 0.15) is 11.4 Å². The topological polar surface area (TPSA) is 108 Å². The maximum atomic E-state index is 12.4. The van der Waals surface area contributed by atoms with Crippen molar-refractivity contribution in [1.29, 1.82) is 5.26 Å². The van der Waals surface area contributed by atoms with E-state index in [1.807, 2.05) is 19.1 Å². The monoisotopic (exact) mass is 392 g/mol. The summed E-state index contributed by atoms with van der Waals surface area (Å²) in [6, 6.07) is 8.90. The molecule has 1 N–H and O–H groups in total. The number of hydrogen-bond donors (Lipinski definition) is 1. The lowest BCUT2D eigenvalue weighted by atomic mass is 10.1. The molecule has 0 saturated carbocycles. The molecule has 8 nitrogen and oxygen atoms in total. The SMILES string of the molecule is Cc1ccc(-c2c(Cl)nc(C#N)n2S(=O)(=O)N(C)C)cc1.c1c[nH]cn1. The van der Waals surface area contributed by atoms with Gasteiger partial charge in [0.1, 0.15) is 11.8 Å². The van der Waals surface area contributed by atoms with Gasteiger partial charge >= 0.3 is 10.2 Å². The first-order valence-electron chi connectivity index (χ1n) is 7.40. The third kappa shape index (κ3) is 4.11. The maximum Gasteiger partial charge on any atom is 0.309 e. The van der Waals surface area contributed by atoms with E-state index in [9.17, 15) is 8.42 Å². The largest absolute Gasteiger partial charge is 0.351 e. The average Bonchev–Trinajstić information content (AvgIpc) is 3.27. The number of aromatic nitrogens is 4. The molecule has 0 aliphatic rings. The molecule has 0 radical (unpaired) electrons. The highest BCUT2D eigenvalue weighted by Gasteiger charge is 2.28. The van der Waals surface area contributed by atoms with Gasteiger partial charge in [-0.05, 0) is 6.92 Å². The van der Waals surface area contributed by atoms with Gasteiger partial charge in [0, 0.05) is 32.1 Å². The van der Waals surface area contributed by atoms with Gasteiger partial charge in [-0.3, -0.25) is 0 Å². The van der Waals surface area contributed by atoms with Gasteiger partial charge in [-0.25, -0.2) is 9.97 Å². The van der Waals surface area contributed by atoms with E-state index in [-0.39, 0.29) is 16.7 Å². The molecule has 2 aromatic heterocycles. The molecule has 10 heteroatoms. The molecule has 0 unspecified atom stereocenters. The molecule has 3 rings (SSSR count). The summed E-state index contributed by atoms with van der Waals surface area (Å²) in [5, 5.41) is 9.09. The Labute approximate surface area is 156 Å². The number of imidazole rings is 2. The Kier molecular flexibility index (Phi) is 6.15. The van der Waals surface area contributed by atoms with Crippen LogP contribution in [0.4, 0.5) is 0 Å². The van der Waals surface area contributed by atoms with Crippen molar-refractivity contribution in [2.24, 2.45) is 0 Å². The van der Waals surface area contributed by atoms with E-state index in [1.54, 1.807) is 36.9 Å². The van der Waals surface area contributed by atoms with Crippen LogP contribution in [0.25, 0.3) is 11.3 Å². The summed E-state index contributed by atoms with van der Waals surface area (Å²) in [7, 11) is -1.15. The molecule has 0 aliphatic heterocycles. The summed E-state index contributed by atoms with van der Waals surface area (Å²) in [4.78, 5) is 10.3. The normalized spacial score (nSPS) is 10.9. The van der Waals surface area contributed by atoms with E-state index >= 15 is 0 Å². The number of rotatable bonds is 3. The van der Waals surface area contributed by atoms with E-state index < -0.39 is 10.2 Å². The van der Waals surface area contributed by atoms with Crippen molar-refractivity contribution < 1.29 is 8.42 Å². The van der Waals surface area contributed by atoms with Crippen LogP contribution in [0.3, 0.4) is 0 Å². The number of nitriles is 1. The molecule has 1 aromatic carbocycles. The number of benzene rings is 1. The lowest BCUT2D eigenvalue weighted by Gasteiger charge is -2.15. The molecule has 136 valence electrons. The smallest absolute Gasteiger partial charge is 0.309 e. The Morgan fingerprint density at radius 1 is 1.27 bits per heavy atom. The summed E-state index contributed by atoms with van der Waals surface area (Å²) >= 11 is 6.05. The third-order valence-corrected chi connectivity index (χ3v) is 5.32. The van der Waals surface area contributed by atoms with Gasteiger partial charge in [-0.15, -0.1) is 0 Å². The summed E-state index contributed by atoms with van der Waals surface area (Å²) in [5.41, 5.74) is 1.78. The quantitative estimate of drug-likeness (QED) is 0.736. The molecule has 2 heterocycles. The number of aromatic amines is 1. The van der Waals surface area contributed by atoms with Crippen LogP contribution in [-0.2, 0) is 10.2 Å². The lowest BCUT2D eigenvalue weighted by molar-refractivity contribution is 0.510. The molecular weight excluding hydrogens is 376 g/mol. The van der Waals surface area contributed by atoms with Gasteiger partial charge in [0.05, 0.1) is 6.33 Å². The molecule has 0 fully saturated rings. The first-order valence-corrected chi connectivity index (χ1v) is 9.17.